The molecule has 0 spiro atoms. The van der Waals surface area contributed by atoms with Gasteiger partial charge >= 0.3 is 0 Å². The van der Waals surface area contributed by atoms with Gasteiger partial charge in [-0.15, -0.1) is 0 Å². The van der Waals surface area contributed by atoms with Crippen molar-refractivity contribution >= 4 is 40.8 Å². The van der Waals surface area contributed by atoms with Gasteiger partial charge in [-0.1, -0.05) is 38.5 Å². The average Bonchev–Trinajstić information content (AvgIpc) is 3.12. The smallest absolute Gasteiger partial charge is 0.268 e. The average molecular weight is 637 g/mol. The molecule has 0 unspecified atom stereocenters. The second kappa shape index (κ2) is 17.2. The molecule has 4 aromatic rings. The van der Waals surface area contributed by atoms with Crippen molar-refractivity contribution < 1.29 is 4.79 Å². The molecule has 0 aromatic carbocycles. The molecule has 6 rings (SSSR count). The van der Waals surface area contributed by atoms with Gasteiger partial charge in [0, 0.05) is 25.2 Å². The largest absolute Gasteiger partial charge is 0.370 e. The van der Waals surface area contributed by atoms with Crippen molar-refractivity contribution in [1.82, 2.24) is 39.9 Å². The summed E-state index contributed by atoms with van der Waals surface area (Å²) in [5, 5.41) is 21.6. The molecule has 0 bridgehead atoms. The van der Waals surface area contributed by atoms with Crippen LogP contribution in [0.25, 0.3) is 0 Å². The molecule has 6 N–H and O–H groups in total. The lowest BCUT2D eigenvalue weighted by molar-refractivity contribution is 0.0995. The van der Waals surface area contributed by atoms with E-state index in [0.29, 0.717) is 23.3 Å². The third-order valence-corrected chi connectivity index (χ3v) is 8.11. The predicted molar refractivity (Wildman–Crippen MR) is 178 cm³/mol. The predicted octanol–water partition coefficient (Wildman–Crippen LogP) is 4.98. The molecule has 0 saturated heterocycles. The summed E-state index contributed by atoms with van der Waals surface area (Å²) in [4.78, 5) is 43.9. The Morgan fingerprint density at radius 3 is 1.55 bits per heavy atom. The van der Waals surface area contributed by atoms with Crippen LogP contribution in [0, 0.1) is 23.2 Å². The lowest BCUT2D eigenvalue weighted by Crippen LogP contribution is -2.17. The van der Waals surface area contributed by atoms with E-state index in [9.17, 15) is 4.79 Å². The summed E-state index contributed by atoms with van der Waals surface area (Å²) >= 11 is 0. The minimum atomic E-state index is -0.606. The van der Waals surface area contributed by atoms with Crippen molar-refractivity contribution in [2.75, 3.05) is 34.4 Å². The van der Waals surface area contributed by atoms with Gasteiger partial charge in [-0.05, 0) is 37.5 Å². The summed E-state index contributed by atoms with van der Waals surface area (Å²) in [5.74, 6) is 4.71. The van der Waals surface area contributed by atoms with Crippen molar-refractivity contribution in [3.05, 3.63) is 61.0 Å². The number of nitriles is 1. The zero-order valence-corrected chi connectivity index (χ0v) is 26.3. The van der Waals surface area contributed by atoms with Crippen LogP contribution in [-0.4, -0.2) is 58.9 Å². The molecule has 0 radical (unpaired) electrons. The Morgan fingerprint density at radius 1 is 0.638 bits per heavy atom. The van der Waals surface area contributed by atoms with Crippen LogP contribution in [0.1, 0.15) is 80.4 Å². The summed E-state index contributed by atoms with van der Waals surface area (Å²) in [6, 6.07) is 5.61. The number of nitrogens with one attached hydrogen (secondary N) is 4. The molecule has 1 amide bonds. The minimum absolute atomic E-state index is 0.123. The molecule has 2 aliphatic rings. The second-order valence-corrected chi connectivity index (χ2v) is 11.6. The quantitative estimate of drug-likeness (QED) is 0.147. The van der Waals surface area contributed by atoms with Crippen LogP contribution in [0.4, 0.5) is 34.9 Å². The number of carbonyl (C=O) groups excluding carboxylic acids is 1. The molecule has 2 aliphatic carbocycles. The maximum absolute atomic E-state index is 11.0. The van der Waals surface area contributed by atoms with E-state index in [2.05, 4.69) is 61.1 Å². The zero-order valence-electron chi connectivity index (χ0n) is 26.3. The van der Waals surface area contributed by atoms with Crippen molar-refractivity contribution in [3.8, 4) is 6.07 Å². The number of nitrogens with zero attached hydrogens (tertiary/aromatic N) is 9. The van der Waals surface area contributed by atoms with E-state index in [-0.39, 0.29) is 11.4 Å². The Morgan fingerprint density at radius 2 is 1.13 bits per heavy atom. The van der Waals surface area contributed by atoms with Crippen molar-refractivity contribution in [3.63, 3.8) is 0 Å². The third kappa shape index (κ3) is 10.8. The highest BCUT2D eigenvalue weighted by molar-refractivity contribution is 5.90. The van der Waals surface area contributed by atoms with Gasteiger partial charge < -0.3 is 27.0 Å². The zero-order chi connectivity index (χ0) is 32.7. The molecule has 0 aliphatic heterocycles. The maximum atomic E-state index is 11.0. The molecular weight excluding hydrogens is 596 g/mol. The fourth-order valence-corrected chi connectivity index (χ4v) is 5.56. The summed E-state index contributed by atoms with van der Waals surface area (Å²) in [5.41, 5.74) is 5.55. The van der Waals surface area contributed by atoms with Crippen LogP contribution in [-0.2, 0) is 0 Å². The molecule has 47 heavy (non-hydrogen) atoms. The lowest BCUT2D eigenvalue weighted by atomic mass is 9.89. The standard InChI is InChI=1S/C16H21N7O.C16H19N7/c17-16(24)12-8-20-15(9-18-12)23-14-6-13(21-10-22-14)19-7-11-4-2-1-3-5-11;17-7-13-9-20-16(10-18-13)23-15-6-14(21-11-22-15)19-8-12-4-2-1-3-5-12/h6,8-11H,1-5,7H2,(H2,17,24)(H2,19,20,21,22,23);6,9-12H,1-5,8H2,(H2,19,20,21,22,23). The van der Waals surface area contributed by atoms with Crippen LogP contribution in [0.2, 0.25) is 0 Å². The van der Waals surface area contributed by atoms with Gasteiger partial charge in [0.15, 0.2) is 5.69 Å². The van der Waals surface area contributed by atoms with Crippen LogP contribution >= 0.6 is 0 Å². The summed E-state index contributed by atoms with van der Waals surface area (Å²) in [6.45, 7) is 1.89. The molecule has 2 fully saturated rings. The van der Waals surface area contributed by atoms with E-state index >= 15 is 0 Å². The van der Waals surface area contributed by atoms with Crippen LogP contribution in [0.15, 0.2) is 49.6 Å². The highest BCUT2D eigenvalue weighted by atomic mass is 16.1. The first-order valence-corrected chi connectivity index (χ1v) is 16.0. The molecule has 0 atom stereocenters. The van der Waals surface area contributed by atoms with Crippen LogP contribution < -0.4 is 27.0 Å². The Kier molecular flexibility index (Phi) is 12.1. The summed E-state index contributed by atoms with van der Waals surface area (Å²) in [7, 11) is 0. The first kappa shape index (κ1) is 32.9. The number of aromatic nitrogens is 8. The normalized spacial score (nSPS) is 15.0. The molecule has 4 aromatic heterocycles. The Hall–Kier alpha value is -5.52. The van der Waals surface area contributed by atoms with E-state index in [1.807, 2.05) is 18.2 Å². The van der Waals surface area contributed by atoms with E-state index in [1.54, 1.807) is 0 Å². The van der Waals surface area contributed by atoms with E-state index in [4.69, 9.17) is 11.0 Å². The highest BCUT2D eigenvalue weighted by Crippen LogP contribution is 2.25. The van der Waals surface area contributed by atoms with Crippen LogP contribution in [0.5, 0.6) is 0 Å². The molecular formula is C32H40N14O. The SMILES string of the molecule is N#Cc1cnc(Nc2cc(NCC3CCCCC3)ncn2)cn1.NC(=O)c1cnc(Nc2cc(NCC3CCCCC3)ncn2)cn1. The van der Waals surface area contributed by atoms with E-state index in [0.717, 1.165) is 36.6 Å². The molecule has 15 nitrogen and oxygen atoms in total. The molecule has 4 heterocycles. The number of anilines is 6. The van der Waals surface area contributed by atoms with Crippen molar-refractivity contribution in [2.24, 2.45) is 17.6 Å². The lowest BCUT2D eigenvalue weighted by Gasteiger charge is -2.22. The van der Waals surface area contributed by atoms with Gasteiger partial charge in [0.05, 0.1) is 24.8 Å². The molecule has 15 heteroatoms. The second-order valence-electron chi connectivity index (χ2n) is 11.6. The Bertz CT molecular complexity index is 1600. The van der Waals surface area contributed by atoms with Gasteiger partial charge in [0.25, 0.3) is 5.91 Å². The van der Waals surface area contributed by atoms with Gasteiger partial charge in [0.2, 0.25) is 0 Å². The van der Waals surface area contributed by atoms with Gasteiger partial charge in [-0.25, -0.2) is 39.9 Å². The third-order valence-electron chi connectivity index (χ3n) is 8.11. The maximum Gasteiger partial charge on any atom is 0.268 e. The number of primary amides is 1. The Balaban J connectivity index is 0.000000185. The Labute approximate surface area is 273 Å². The number of nitrogens with two attached hydrogens (primary N) is 1. The number of hydrogen-bond donors (Lipinski definition) is 5. The minimum Gasteiger partial charge on any atom is -0.370 e. The summed E-state index contributed by atoms with van der Waals surface area (Å²) in [6.07, 6.45) is 21.9. The topological polar surface area (TPSA) is 218 Å². The first-order chi connectivity index (χ1) is 23.0. The van der Waals surface area contributed by atoms with Gasteiger partial charge in [0.1, 0.15) is 59.3 Å². The monoisotopic (exact) mass is 636 g/mol. The number of rotatable bonds is 11. The first-order valence-electron chi connectivity index (χ1n) is 16.0. The summed E-state index contributed by atoms with van der Waals surface area (Å²) < 4.78 is 0. The fraction of sp³-hybridized carbons (Fsp3) is 0.438. The number of amides is 1. The number of carbonyl (C=O) groups is 1. The fourth-order valence-electron chi connectivity index (χ4n) is 5.56. The highest BCUT2D eigenvalue weighted by Gasteiger charge is 2.14. The van der Waals surface area contributed by atoms with Crippen molar-refractivity contribution in [1.29, 1.82) is 5.26 Å². The van der Waals surface area contributed by atoms with Crippen LogP contribution in [0.3, 0.4) is 0 Å². The van der Waals surface area contributed by atoms with E-state index in [1.165, 1.54) is 102 Å². The molecule has 244 valence electrons. The molecule has 2 saturated carbocycles. The van der Waals surface area contributed by atoms with Gasteiger partial charge in [-0.3, -0.25) is 4.79 Å². The van der Waals surface area contributed by atoms with Crippen molar-refractivity contribution in [2.45, 2.75) is 64.2 Å². The number of hydrogen-bond acceptors (Lipinski definition) is 14. The van der Waals surface area contributed by atoms with Gasteiger partial charge in [-0.2, -0.15) is 5.26 Å². The van der Waals surface area contributed by atoms with E-state index < -0.39 is 5.91 Å².